The van der Waals surface area contributed by atoms with E-state index in [0.717, 1.165) is 11.1 Å². The smallest absolute Gasteiger partial charge is 0.277 e. The molecule has 2 aromatic carbocycles. The van der Waals surface area contributed by atoms with Gasteiger partial charge in [0.25, 0.3) is 5.91 Å². The molecule has 0 saturated heterocycles. The monoisotopic (exact) mass is 432 g/mol. The average molecular weight is 433 g/mol. The van der Waals surface area contributed by atoms with Crippen LogP contribution in [0.1, 0.15) is 11.3 Å². The third-order valence-corrected chi connectivity index (χ3v) is 4.47. The number of hydrazone groups is 1. The number of halogens is 2. The number of benzene rings is 2. The summed E-state index contributed by atoms with van der Waals surface area (Å²) in [5, 5.41) is 4.97. The van der Waals surface area contributed by atoms with Gasteiger partial charge in [0.05, 0.1) is 18.3 Å². The number of furan rings is 1. The number of hydrogen-bond donors (Lipinski definition) is 1. The zero-order valence-electron chi connectivity index (χ0n) is 15.7. The molecule has 0 saturated carbocycles. The second kappa shape index (κ2) is 9.49. The van der Waals surface area contributed by atoms with Gasteiger partial charge in [-0.3, -0.25) is 4.79 Å². The third kappa shape index (κ3) is 5.53. The van der Waals surface area contributed by atoms with E-state index in [4.69, 9.17) is 37.1 Å². The molecule has 1 aromatic heterocycles. The van der Waals surface area contributed by atoms with Crippen molar-refractivity contribution in [3.63, 3.8) is 0 Å². The first-order chi connectivity index (χ1) is 14.0. The number of hydrogen-bond acceptors (Lipinski definition) is 5. The number of rotatable bonds is 7. The number of nitrogens with one attached hydrogen (secondary N) is 1. The van der Waals surface area contributed by atoms with Gasteiger partial charge in [0.15, 0.2) is 6.61 Å². The quantitative estimate of drug-likeness (QED) is 0.416. The fourth-order valence-electron chi connectivity index (χ4n) is 2.52. The molecular formula is C21H18Cl2N2O4. The lowest BCUT2D eigenvalue weighted by Crippen LogP contribution is -2.24. The molecule has 0 unspecified atom stereocenters. The Morgan fingerprint density at radius 1 is 1.14 bits per heavy atom. The first kappa shape index (κ1) is 20.8. The van der Waals surface area contributed by atoms with Crippen LogP contribution in [-0.4, -0.2) is 25.8 Å². The zero-order chi connectivity index (χ0) is 20.8. The molecule has 0 atom stereocenters. The highest BCUT2D eigenvalue weighted by molar-refractivity contribution is 6.32. The highest BCUT2D eigenvalue weighted by Crippen LogP contribution is 2.30. The minimum absolute atomic E-state index is 0.173. The highest BCUT2D eigenvalue weighted by atomic mass is 35.5. The molecule has 0 fully saturated rings. The summed E-state index contributed by atoms with van der Waals surface area (Å²) < 4.78 is 16.3. The van der Waals surface area contributed by atoms with E-state index in [0.29, 0.717) is 33.1 Å². The Hall–Kier alpha value is -2.96. The van der Waals surface area contributed by atoms with Gasteiger partial charge >= 0.3 is 0 Å². The van der Waals surface area contributed by atoms with Gasteiger partial charge in [-0.05, 0) is 61.0 Å². The SMILES string of the molecule is COc1ccc(-c2ccc(/C=N/NC(=O)COc3ccc(Cl)cc3C)o2)cc1Cl. The molecule has 0 aliphatic heterocycles. The van der Waals surface area contributed by atoms with E-state index in [1.807, 2.05) is 13.0 Å². The molecule has 0 radical (unpaired) electrons. The van der Waals surface area contributed by atoms with Crippen LogP contribution in [-0.2, 0) is 4.79 Å². The van der Waals surface area contributed by atoms with E-state index in [1.54, 1.807) is 49.6 Å². The lowest BCUT2D eigenvalue weighted by Gasteiger charge is -2.08. The third-order valence-electron chi connectivity index (χ3n) is 3.94. The van der Waals surface area contributed by atoms with Gasteiger partial charge in [-0.2, -0.15) is 5.10 Å². The summed E-state index contributed by atoms with van der Waals surface area (Å²) in [6.07, 6.45) is 1.40. The van der Waals surface area contributed by atoms with E-state index in [9.17, 15) is 4.79 Å². The lowest BCUT2D eigenvalue weighted by atomic mass is 10.2. The van der Waals surface area contributed by atoms with Crippen LogP contribution in [0.25, 0.3) is 11.3 Å². The number of carbonyl (C=O) groups excluding carboxylic acids is 1. The Morgan fingerprint density at radius 2 is 1.93 bits per heavy atom. The molecule has 3 aromatic rings. The molecule has 0 aliphatic carbocycles. The largest absolute Gasteiger partial charge is 0.495 e. The summed E-state index contributed by atoms with van der Waals surface area (Å²) in [5.41, 5.74) is 4.03. The van der Waals surface area contributed by atoms with Crippen LogP contribution in [0, 0.1) is 6.92 Å². The highest BCUT2D eigenvalue weighted by Gasteiger charge is 2.08. The van der Waals surface area contributed by atoms with Crippen molar-refractivity contribution >= 4 is 35.3 Å². The molecule has 0 aliphatic rings. The van der Waals surface area contributed by atoms with Crippen molar-refractivity contribution in [1.29, 1.82) is 0 Å². The van der Waals surface area contributed by atoms with Crippen LogP contribution >= 0.6 is 23.2 Å². The summed E-state index contributed by atoms with van der Waals surface area (Å²) in [5.74, 6) is 1.86. The Morgan fingerprint density at radius 3 is 2.66 bits per heavy atom. The van der Waals surface area contributed by atoms with E-state index >= 15 is 0 Å². The predicted molar refractivity (Wildman–Crippen MR) is 113 cm³/mol. The summed E-state index contributed by atoms with van der Waals surface area (Å²) in [6.45, 7) is 1.68. The standard InChI is InChI=1S/C21H18Cl2N2O4/c1-13-9-15(22)4-7-18(13)28-12-21(26)25-24-11-16-5-8-19(29-16)14-3-6-20(27-2)17(23)10-14/h3-11H,12H2,1-2H3,(H,25,26)/b24-11+. The van der Waals surface area contributed by atoms with Gasteiger partial charge in [0.1, 0.15) is 23.0 Å². The van der Waals surface area contributed by atoms with Crippen molar-refractivity contribution in [2.24, 2.45) is 5.10 Å². The normalized spacial score (nSPS) is 10.9. The fourth-order valence-corrected chi connectivity index (χ4v) is 3.00. The van der Waals surface area contributed by atoms with Crippen LogP contribution < -0.4 is 14.9 Å². The minimum atomic E-state index is -0.399. The van der Waals surface area contributed by atoms with Crippen molar-refractivity contribution in [1.82, 2.24) is 5.43 Å². The van der Waals surface area contributed by atoms with Crippen LogP contribution in [0.3, 0.4) is 0 Å². The summed E-state index contributed by atoms with van der Waals surface area (Å²) in [6, 6.07) is 14.0. The fraction of sp³-hybridized carbons (Fsp3) is 0.143. The van der Waals surface area contributed by atoms with E-state index in [-0.39, 0.29) is 6.61 Å². The molecule has 6 nitrogen and oxygen atoms in total. The molecule has 3 rings (SSSR count). The Kier molecular flexibility index (Phi) is 6.80. The molecule has 0 bridgehead atoms. The number of aryl methyl sites for hydroxylation is 1. The van der Waals surface area contributed by atoms with Gasteiger partial charge in [-0.15, -0.1) is 0 Å². The van der Waals surface area contributed by atoms with Crippen molar-refractivity contribution in [2.45, 2.75) is 6.92 Å². The number of carbonyl (C=O) groups is 1. The van der Waals surface area contributed by atoms with E-state index in [2.05, 4.69) is 10.5 Å². The minimum Gasteiger partial charge on any atom is -0.495 e. The van der Waals surface area contributed by atoms with Crippen molar-refractivity contribution in [3.8, 4) is 22.8 Å². The van der Waals surface area contributed by atoms with Gasteiger partial charge in [-0.1, -0.05) is 23.2 Å². The molecular weight excluding hydrogens is 415 g/mol. The Labute approximate surface area is 178 Å². The first-order valence-electron chi connectivity index (χ1n) is 8.61. The topological polar surface area (TPSA) is 73.1 Å². The Bertz CT molecular complexity index is 1050. The van der Waals surface area contributed by atoms with Crippen LogP contribution in [0.5, 0.6) is 11.5 Å². The molecule has 1 heterocycles. The van der Waals surface area contributed by atoms with Crippen molar-refractivity contribution < 1.29 is 18.7 Å². The second-order valence-electron chi connectivity index (χ2n) is 6.04. The summed E-state index contributed by atoms with van der Waals surface area (Å²) in [4.78, 5) is 11.9. The number of amides is 1. The summed E-state index contributed by atoms with van der Waals surface area (Å²) in [7, 11) is 1.55. The Balaban J connectivity index is 1.54. The number of ether oxygens (including phenoxy) is 2. The van der Waals surface area contributed by atoms with Crippen LogP contribution in [0.15, 0.2) is 58.0 Å². The molecule has 0 spiro atoms. The lowest BCUT2D eigenvalue weighted by molar-refractivity contribution is -0.123. The molecule has 150 valence electrons. The van der Waals surface area contributed by atoms with Gasteiger partial charge < -0.3 is 13.9 Å². The molecule has 29 heavy (non-hydrogen) atoms. The first-order valence-corrected chi connectivity index (χ1v) is 9.36. The predicted octanol–water partition coefficient (Wildman–Crippen LogP) is 5.10. The maximum absolute atomic E-state index is 11.9. The molecule has 8 heteroatoms. The molecule has 1 N–H and O–H groups in total. The molecule has 1 amide bonds. The maximum Gasteiger partial charge on any atom is 0.277 e. The van der Waals surface area contributed by atoms with Crippen LogP contribution in [0.4, 0.5) is 0 Å². The number of methoxy groups -OCH3 is 1. The zero-order valence-corrected chi connectivity index (χ0v) is 17.3. The van der Waals surface area contributed by atoms with E-state index < -0.39 is 5.91 Å². The second-order valence-corrected chi connectivity index (χ2v) is 6.89. The van der Waals surface area contributed by atoms with E-state index in [1.165, 1.54) is 6.21 Å². The summed E-state index contributed by atoms with van der Waals surface area (Å²) >= 11 is 12.0. The van der Waals surface area contributed by atoms with Crippen molar-refractivity contribution in [2.75, 3.05) is 13.7 Å². The average Bonchev–Trinajstić information content (AvgIpc) is 3.16. The van der Waals surface area contributed by atoms with Crippen LogP contribution in [0.2, 0.25) is 10.0 Å². The van der Waals surface area contributed by atoms with Gasteiger partial charge in [0.2, 0.25) is 0 Å². The number of nitrogens with zero attached hydrogens (tertiary/aromatic N) is 1. The maximum atomic E-state index is 11.9. The van der Waals surface area contributed by atoms with Crippen molar-refractivity contribution in [3.05, 3.63) is 69.9 Å². The van der Waals surface area contributed by atoms with Gasteiger partial charge in [-0.25, -0.2) is 5.43 Å². The van der Waals surface area contributed by atoms with Gasteiger partial charge in [0, 0.05) is 10.6 Å².